The molecule has 0 spiro atoms. The number of amides is 1. The van der Waals surface area contributed by atoms with E-state index in [4.69, 9.17) is 16.7 Å². The van der Waals surface area contributed by atoms with Gasteiger partial charge < -0.3 is 15.1 Å². The molecule has 0 aliphatic carbocycles. The van der Waals surface area contributed by atoms with Gasteiger partial charge in [-0.1, -0.05) is 48.0 Å². The summed E-state index contributed by atoms with van der Waals surface area (Å²) in [5.41, 5.74) is 3.77. The van der Waals surface area contributed by atoms with Gasteiger partial charge in [0.1, 0.15) is 5.82 Å². The number of aliphatic hydroxyl groups is 1. The fourth-order valence-corrected chi connectivity index (χ4v) is 4.95. The fraction of sp³-hybridized carbons (Fsp3) is 0.267. The van der Waals surface area contributed by atoms with Crippen LogP contribution in [0.2, 0.25) is 5.02 Å². The van der Waals surface area contributed by atoms with E-state index in [9.17, 15) is 19.1 Å². The molecule has 0 aromatic heterocycles. The topological polar surface area (TPSA) is 77.8 Å². The number of hydrogen-bond acceptors (Lipinski definition) is 3. The SMILES string of the molecule is Cc1cc(Cl)ccc1-c1cc(C(O)/C=C/C2CCC(=O)N2CCCc2ccc(C(=O)O)cc2)ccc1F. The highest BCUT2D eigenvalue weighted by Crippen LogP contribution is 2.31. The molecule has 1 fully saturated rings. The van der Waals surface area contributed by atoms with Crippen LogP contribution in [-0.2, 0) is 11.2 Å². The lowest BCUT2D eigenvalue weighted by Gasteiger charge is -2.23. The van der Waals surface area contributed by atoms with Crippen molar-refractivity contribution in [1.29, 1.82) is 0 Å². The maximum atomic E-state index is 14.6. The van der Waals surface area contributed by atoms with Gasteiger partial charge in [0.05, 0.1) is 17.7 Å². The third-order valence-electron chi connectivity index (χ3n) is 6.77. The second-order valence-electron chi connectivity index (χ2n) is 9.33. The van der Waals surface area contributed by atoms with Gasteiger partial charge >= 0.3 is 5.97 Å². The van der Waals surface area contributed by atoms with Gasteiger partial charge in [-0.15, -0.1) is 0 Å². The first-order valence-electron chi connectivity index (χ1n) is 12.3. The van der Waals surface area contributed by atoms with Crippen LogP contribution < -0.4 is 0 Å². The lowest BCUT2D eigenvalue weighted by atomic mass is 9.96. The number of aliphatic hydroxyl groups excluding tert-OH is 1. The number of nitrogens with zero attached hydrogens (tertiary/aromatic N) is 1. The number of carboxylic acids is 1. The summed E-state index contributed by atoms with van der Waals surface area (Å²) in [6, 6.07) is 16.5. The van der Waals surface area contributed by atoms with Crippen molar-refractivity contribution < 1.29 is 24.2 Å². The van der Waals surface area contributed by atoms with Crippen molar-refractivity contribution in [2.24, 2.45) is 0 Å². The van der Waals surface area contributed by atoms with Gasteiger partial charge in [0, 0.05) is 23.6 Å². The predicted molar refractivity (Wildman–Crippen MR) is 142 cm³/mol. The van der Waals surface area contributed by atoms with Crippen LogP contribution in [0.3, 0.4) is 0 Å². The van der Waals surface area contributed by atoms with Crippen LogP contribution in [0.1, 0.15) is 52.4 Å². The molecule has 1 aliphatic rings. The van der Waals surface area contributed by atoms with E-state index in [1.54, 1.807) is 60.7 Å². The van der Waals surface area contributed by atoms with E-state index in [1.807, 2.05) is 17.9 Å². The molecule has 37 heavy (non-hydrogen) atoms. The van der Waals surface area contributed by atoms with Crippen molar-refractivity contribution in [1.82, 2.24) is 4.90 Å². The van der Waals surface area contributed by atoms with Gasteiger partial charge in [0.2, 0.25) is 5.91 Å². The number of hydrogen-bond donors (Lipinski definition) is 2. The van der Waals surface area contributed by atoms with E-state index in [2.05, 4.69) is 0 Å². The van der Waals surface area contributed by atoms with E-state index in [-0.39, 0.29) is 23.3 Å². The third kappa shape index (κ3) is 6.45. The monoisotopic (exact) mass is 521 g/mol. The Balaban J connectivity index is 1.40. The highest BCUT2D eigenvalue weighted by Gasteiger charge is 2.28. The molecule has 192 valence electrons. The Hall–Kier alpha value is -3.48. The average Bonchev–Trinajstić information content (AvgIpc) is 3.22. The smallest absolute Gasteiger partial charge is 0.335 e. The molecule has 0 saturated carbocycles. The van der Waals surface area contributed by atoms with Crippen molar-refractivity contribution in [3.05, 3.63) is 106 Å². The highest BCUT2D eigenvalue weighted by molar-refractivity contribution is 6.30. The maximum absolute atomic E-state index is 14.6. The molecule has 0 bridgehead atoms. The second-order valence-corrected chi connectivity index (χ2v) is 9.76. The molecule has 4 rings (SSSR count). The van der Waals surface area contributed by atoms with Crippen molar-refractivity contribution in [3.63, 3.8) is 0 Å². The number of halogens is 2. The zero-order valence-corrected chi connectivity index (χ0v) is 21.3. The average molecular weight is 522 g/mol. The number of aryl methyl sites for hydroxylation is 2. The normalized spacial score (nSPS) is 16.5. The molecule has 1 heterocycles. The van der Waals surface area contributed by atoms with Gasteiger partial charge in [-0.3, -0.25) is 4.79 Å². The van der Waals surface area contributed by atoms with Gasteiger partial charge in [0.15, 0.2) is 0 Å². The van der Waals surface area contributed by atoms with Crippen LogP contribution in [0, 0.1) is 12.7 Å². The van der Waals surface area contributed by atoms with Crippen molar-refractivity contribution >= 4 is 23.5 Å². The zero-order chi connectivity index (χ0) is 26.5. The van der Waals surface area contributed by atoms with Crippen LogP contribution in [-0.4, -0.2) is 39.6 Å². The molecule has 7 heteroatoms. The number of likely N-dealkylation sites (tertiary alicyclic amines) is 1. The Morgan fingerprint density at radius 2 is 1.89 bits per heavy atom. The van der Waals surface area contributed by atoms with Crippen molar-refractivity contribution in [3.8, 4) is 11.1 Å². The molecule has 3 aromatic carbocycles. The first-order valence-corrected chi connectivity index (χ1v) is 12.6. The highest BCUT2D eigenvalue weighted by atomic mass is 35.5. The molecule has 1 amide bonds. The molecular formula is C30H29ClFNO4. The first-order chi connectivity index (χ1) is 17.7. The van der Waals surface area contributed by atoms with Gasteiger partial charge in [-0.2, -0.15) is 0 Å². The molecule has 2 atom stereocenters. The Bertz CT molecular complexity index is 1320. The first kappa shape index (κ1) is 26.6. The lowest BCUT2D eigenvalue weighted by Crippen LogP contribution is -2.33. The Labute approximate surface area is 220 Å². The number of carboxylic acid groups (broad SMARTS) is 1. The van der Waals surface area contributed by atoms with E-state index >= 15 is 0 Å². The largest absolute Gasteiger partial charge is 0.478 e. The Kier molecular flexibility index (Phi) is 8.41. The molecule has 1 saturated heterocycles. The lowest BCUT2D eigenvalue weighted by molar-refractivity contribution is -0.128. The summed E-state index contributed by atoms with van der Waals surface area (Å²) in [5.74, 6) is -1.26. The Morgan fingerprint density at radius 1 is 1.14 bits per heavy atom. The quantitative estimate of drug-likeness (QED) is 0.321. The minimum Gasteiger partial charge on any atom is -0.478 e. The number of rotatable bonds is 9. The summed E-state index contributed by atoms with van der Waals surface area (Å²) in [6.07, 6.45) is 5.17. The summed E-state index contributed by atoms with van der Waals surface area (Å²) in [7, 11) is 0. The summed E-state index contributed by atoms with van der Waals surface area (Å²) >= 11 is 6.04. The zero-order valence-electron chi connectivity index (χ0n) is 20.5. The molecule has 2 N–H and O–H groups in total. The van der Waals surface area contributed by atoms with Gasteiger partial charge in [-0.05, 0) is 84.8 Å². The Morgan fingerprint density at radius 3 is 2.59 bits per heavy atom. The number of carbonyl (C=O) groups excluding carboxylic acids is 1. The summed E-state index contributed by atoms with van der Waals surface area (Å²) in [6.45, 7) is 2.43. The molecular weight excluding hydrogens is 493 g/mol. The fourth-order valence-electron chi connectivity index (χ4n) is 4.72. The molecule has 3 aromatic rings. The van der Waals surface area contributed by atoms with E-state index < -0.39 is 12.1 Å². The van der Waals surface area contributed by atoms with E-state index in [1.165, 1.54) is 6.07 Å². The summed E-state index contributed by atoms with van der Waals surface area (Å²) in [4.78, 5) is 25.3. The molecule has 1 aliphatic heterocycles. The third-order valence-corrected chi connectivity index (χ3v) is 7.00. The van der Waals surface area contributed by atoms with E-state index in [0.29, 0.717) is 41.1 Å². The maximum Gasteiger partial charge on any atom is 0.335 e. The van der Waals surface area contributed by atoms with E-state index in [0.717, 1.165) is 24.0 Å². The van der Waals surface area contributed by atoms with Gasteiger partial charge in [0.25, 0.3) is 0 Å². The minimum atomic E-state index is -0.956. The molecule has 0 radical (unpaired) electrons. The van der Waals surface area contributed by atoms with Crippen LogP contribution in [0.25, 0.3) is 11.1 Å². The predicted octanol–water partition coefficient (Wildman–Crippen LogP) is 6.37. The molecule has 5 nitrogen and oxygen atoms in total. The number of benzene rings is 3. The number of carbonyl (C=O) groups is 2. The summed E-state index contributed by atoms with van der Waals surface area (Å²) in [5, 5.41) is 20.4. The van der Waals surface area contributed by atoms with Gasteiger partial charge in [-0.25, -0.2) is 9.18 Å². The van der Waals surface area contributed by atoms with Crippen LogP contribution in [0.4, 0.5) is 4.39 Å². The molecule has 2 unspecified atom stereocenters. The number of aromatic carboxylic acids is 1. The summed E-state index contributed by atoms with van der Waals surface area (Å²) < 4.78 is 14.6. The van der Waals surface area contributed by atoms with Crippen LogP contribution >= 0.6 is 11.6 Å². The van der Waals surface area contributed by atoms with Crippen LogP contribution in [0.15, 0.2) is 72.8 Å². The van der Waals surface area contributed by atoms with Crippen molar-refractivity contribution in [2.45, 2.75) is 44.8 Å². The van der Waals surface area contributed by atoms with Crippen LogP contribution in [0.5, 0.6) is 0 Å². The standard InChI is InChI=1S/C30H29ClFNO4/c1-19-17-23(31)9-12-25(19)26-18-22(8-13-27(26)32)28(34)14-10-24-11-15-29(35)33(24)16-2-3-20-4-6-21(7-5-20)30(36)37/h4-10,12-14,17-18,24,28,34H,2-3,11,15-16H2,1H3,(H,36,37)/b14-10+. The minimum absolute atomic E-state index is 0.0765. The second kappa shape index (κ2) is 11.7. The van der Waals surface area contributed by atoms with Crippen molar-refractivity contribution in [2.75, 3.05) is 6.54 Å².